The van der Waals surface area contributed by atoms with Gasteiger partial charge in [-0.3, -0.25) is 0 Å². The van der Waals surface area contributed by atoms with Crippen molar-refractivity contribution in [2.75, 3.05) is 0 Å². The van der Waals surface area contributed by atoms with Crippen LogP contribution in [-0.2, 0) is 0 Å². The molecule has 0 amide bonds. The number of benzene rings is 2. The molecule has 0 bridgehead atoms. The van der Waals surface area contributed by atoms with Crippen molar-refractivity contribution in [3.8, 4) is 0 Å². The first-order valence-corrected chi connectivity index (χ1v) is 6.08. The highest BCUT2D eigenvalue weighted by Gasteiger charge is 2.22. The SMILES string of the molecule is Cc1ccccc1[C@@H](O)[C@@H](O)c1ccccc1C. The Balaban J connectivity index is 2.33. The Labute approximate surface area is 108 Å². The van der Waals surface area contributed by atoms with E-state index in [0.29, 0.717) is 0 Å². The van der Waals surface area contributed by atoms with E-state index in [1.807, 2.05) is 62.4 Å². The van der Waals surface area contributed by atoms with Crippen molar-refractivity contribution >= 4 is 0 Å². The highest BCUT2D eigenvalue weighted by atomic mass is 16.3. The van der Waals surface area contributed by atoms with Crippen molar-refractivity contribution in [2.24, 2.45) is 0 Å². The Bertz CT molecular complexity index is 485. The van der Waals surface area contributed by atoms with Gasteiger partial charge in [-0.15, -0.1) is 0 Å². The molecule has 2 heteroatoms. The van der Waals surface area contributed by atoms with Crippen LogP contribution in [0.15, 0.2) is 48.5 Å². The summed E-state index contributed by atoms with van der Waals surface area (Å²) in [5, 5.41) is 20.6. The Kier molecular flexibility index (Phi) is 3.80. The Morgan fingerprint density at radius 2 is 1.00 bits per heavy atom. The average molecular weight is 242 g/mol. The maximum Gasteiger partial charge on any atom is 0.109 e. The van der Waals surface area contributed by atoms with Crippen LogP contribution in [0.25, 0.3) is 0 Å². The smallest absolute Gasteiger partial charge is 0.109 e. The van der Waals surface area contributed by atoms with Crippen LogP contribution < -0.4 is 0 Å². The minimum absolute atomic E-state index is 0.772. The molecule has 18 heavy (non-hydrogen) atoms. The lowest BCUT2D eigenvalue weighted by Gasteiger charge is -2.21. The van der Waals surface area contributed by atoms with E-state index in [2.05, 4.69) is 0 Å². The molecule has 0 radical (unpaired) electrons. The van der Waals surface area contributed by atoms with Gasteiger partial charge in [-0.25, -0.2) is 0 Å². The van der Waals surface area contributed by atoms with Crippen LogP contribution in [0.2, 0.25) is 0 Å². The maximum absolute atomic E-state index is 10.3. The molecule has 0 fully saturated rings. The molecule has 0 aliphatic carbocycles. The number of hydrogen-bond donors (Lipinski definition) is 2. The van der Waals surface area contributed by atoms with E-state index >= 15 is 0 Å². The van der Waals surface area contributed by atoms with Gasteiger partial charge in [0, 0.05) is 0 Å². The third-order valence-electron chi connectivity index (χ3n) is 3.31. The van der Waals surface area contributed by atoms with Gasteiger partial charge in [-0.1, -0.05) is 48.5 Å². The third-order valence-corrected chi connectivity index (χ3v) is 3.31. The maximum atomic E-state index is 10.3. The molecule has 94 valence electrons. The van der Waals surface area contributed by atoms with Crippen LogP contribution in [0.3, 0.4) is 0 Å². The van der Waals surface area contributed by atoms with Gasteiger partial charge in [0.25, 0.3) is 0 Å². The van der Waals surface area contributed by atoms with Crippen molar-refractivity contribution in [3.05, 3.63) is 70.8 Å². The standard InChI is InChI=1S/C16H18O2/c1-11-7-3-5-9-13(11)15(17)16(18)14-10-6-4-8-12(14)2/h3-10,15-18H,1-2H3/t15-,16+. The second-order valence-corrected chi connectivity index (χ2v) is 4.60. The molecule has 2 rings (SSSR count). The number of hydrogen-bond acceptors (Lipinski definition) is 2. The largest absolute Gasteiger partial charge is 0.385 e. The van der Waals surface area contributed by atoms with Crippen molar-refractivity contribution in [3.63, 3.8) is 0 Å². The molecule has 0 aromatic heterocycles. The summed E-state index contributed by atoms with van der Waals surface area (Å²) in [7, 11) is 0. The normalized spacial score (nSPS) is 14.2. The quantitative estimate of drug-likeness (QED) is 0.868. The van der Waals surface area contributed by atoms with E-state index in [-0.39, 0.29) is 0 Å². The molecule has 2 atom stereocenters. The van der Waals surface area contributed by atoms with Gasteiger partial charge in [-0.2, -0.15) is 0 Å². The topological polar surface area (TPSA) is 40.5 Å². The number of aliphatic hydroxyl groups is 2. The van der Waals surface area contributed by atoms with Crippen molar-refractivity contribution < 1.29 is 10.2 Å². The van der Waals surface area contributed by atoms with Gasteiger partial charge < -0.3 is 10.2 Å². The Hall–Kier alpha value is -1.64. The lowest BCUT2D eigenvalue weighted by atomic mass is 9.93. The van der Waals surface area contributed by atoms with Gasteiger partial charge in [0.05, 0.1) is 0 Å². The van der Waals surface area contributed by atoms with E-state index in [0.717, 1.165) is 22.3 Å². The molecule has 0 aliphatic heterocycles. The molecule has 2 nitrogen and oxygen atoms in total. The van der Waals surface area contributed by atoms with Crippen molar-refractivity contribution in [1.82, 2.24) is 0 Å². The second kappa shape index (κ2) is 5.34. The molecule has 0 aliphatic rings. The van der Waals surface area contributed by atoms with E-state index in [9.17, 15) is 10.2 Å². The molecule has 2 aromatic rings. The van der Waals surface area contributed by atoms with Gasteiger partial charge in [0.2, 0.25) is 0 Å². The molecule has 0 unspecified atom stereocenters. The van der Waals surface area contributed by atoms with Crippen LogP contribution in [0, 0.1) is 13.8 Å². The van der Waals surface area contributed by atoms with E-state index in [4.69, 9.17) is 0 Å². The van der Waals surface area contributed by atoms with Crippen LogP contribution in [-0.4, -0.2) is 10.2 Å². The molecule has 0 spiro atoms. The fourth-order valence-electron chi connectivity index (χ4n) is 2.18. The predicted molar refractivity (Wildman–Crippen MR) is 72.3 cm³/mol. The Morgan fingerprint density at radius 3 is 1.33 bits per heavy atom. The van der Waals surface area contributed by atoms with Crippen LogP contribution in [0.5, 0.6) is 0 Å². The molecule has 0 heterocycles. The first-order valence-electron chi connectivity index (χ1n) is 6.08. The zero-order valence-corrected chi connectivity index (χ0v) is 10.7. The molecule has 0 saturated heterocycles. The summed E-state index contributed by atoms with van der Waals surface area (Å²) in [6.07, 6.45) is -1.79. The number of aliphatic hydroxyl groups excluding tert-OH is 2. The summed E-state index contributed by atoms with van der Waals surface area (Å²) >= 11 is 0. The summed E-state index contributed by atoms with van der Waals surface area (Å²) in [4.78, 5) is 0. The first-order chi connectivity index (χ1) is 8.61. The number of rotatable bonds is 3. The van der Waals surface area contributed by atoms with E-state index in [1.165, 1.54) is 0 Å². The summed E-state index contributed by atoms with van der Waals surface area (Å²) in [6.45, 7) is 3.87. The monoisotopic (exact) mass is 242 g/mol. The minimum Gasteiger partial charge on any atom is -0.385 e. The highest BCUT2D eigenvalue weighted by Crippen LogP contribution is 2.31. The highest BCUT2D eigenvalue weighted by molar-refractivity contribution is 5.33. The molecule has 0 saturated carbocycles. The van der Waals surface area contributed by atoms with Gasteiger partial charge >= 0.3 is 0 Å². The average Bonchev–Trinajstić information content (AvgIpc) is 2.38. The van der Waals surface area contributed by atoms with Crippen LogP contribution >= 0.6 is 0 Å². The fraction of sp³-hybridized carbons (Fsp3) is 0.250. The molecular formula is C16H18O2. The minimum atomic E-state index is -0.896. The third kappa shape index (κ3) is 2.45. The van der Waals surface area contributed by atoms with Gasteiger partial charge in [-0.05, 0) is 36.1 Å². The summed E-state index contributed by atoms with van der Waals surface area (Å²) in [5.74, 6) is 0. The lowest BCUT2D eigenvalue weighted by molar-refractivity contribution is 0.0165. The van der Waals surface area contributed by atoms with Crippen molar-refractivity contribution in [2.45, 2.75) is 26.1 Å². The summed E-state index contributed by atoms with van der Waals surface area (Å²) in [6, 6.07) is 15.2. The van der Waals surface area contributed by atoms with E-state index < -0.39 is 12.2 Å². The van der Waals surface area contributed by atoms with Gasteiger partial charge in [0.15, 0.2) is 0 Å². The van der Waals surface area contributed by atoms with Gasteiger partial charge in [0.1, 0.15) is 12.2 Å². The molecule has 2 aromatic carbocycles. The van der Waals surface area contributed by atoms with E-state index in [1.54, 1.807) is 0 Å². The van der Waals surface area contributed by atoms with Crippen LogP contribution in [0.4, 0.5) is 0 Å². The lowest BCUT2D eigenvalue weighted by Crippen LogP contribution is -2.12. The van der Waals surface area contributed by atoms with Crippen molar-refractivity contribution in [1.29, 1.82) is 0 Å². The Morgan fingerprint density at radius 1 is 0.667 bits per heavy atom. The first kappa shape index (κ1) is 12.8. The molecular weight excluding hydrogens is 224 g/mol. The molecule has 2 N–H and O–H groups in total. The fourth-order valence-corrected chi connectivity index (χ4v) is 2.18. The summed E-state index contributed by atoms with van der Waals surface area (Å²) < 4.78 is 0. The summed E-state index contributed by atoms with van der Waals surface area (Å²) in [5.41, 5.74) is 3.51. The zero-order valence-electron chi connectivity index (χ0n) is 10.7. The number of aryl methyl sites for hydroxylation is 2. The van der Waals surface area contributed by atoms with Crippen LogP contribution in [0.1, 0.15) is 34.5 Å². The second-order valence-electron chi connectivity index (χ2n) is 4.60. The zero-order chi connectivity index (χ0) is 13.1. The predicted octanol–water partition coefficient (Wildman–Crippen LogP) is 3.07.